The van der Waals surface area contributed by atoms with E-state index in [1.165, 1.54) is 178 Å². The first-order valence-corrected chi connectivity index (χ1v) is 43.3. The fourth-order valence-corrected chi connectivity index (χ4v) is 14.3. The van der Waals surface area contributed by atoms with Crippen molar-refractivity contribution in [3.8, 4) is 0 Å². The van der Waals surface area contributed by atoms with Crippen LogP contribution < -0.4 is 0 Å². The van der Waals surface area contributed by atoms with Gasteiger partial charge in [0.2, 0.25) is 0 Å². The second-order valence-corrected chi connectivity index (χ2v) is 27.7. The molecule has 6 saturated heterocycles. The third-order valence-corrected chi connectivity index (χ3v) is 20.0. The van der Waals surface area contributed by atoms with Crippen LogP contribution in [0, 0.1) is 41.4 Å². The number of ether oxygens (including phenoxy) is 4. The second kappa shape index (κ2) is 92.5. The Balaban J connectivity index is -0.000000136. The highest BCUT2D eigenvalue weighted by atomic mass is 32.2. The Hall–Kier alpha value is 0.420. The van der Waals surface area contributed by atoms with Crippen molar-refractivity contribution < 1.29 is 18.9 Å². The van der Waals surface area contributed by atoms with Crippen molar-refractivity contribution >= 4 is 23.5 Å². The molecular weight excluding hydrogens is 1160 g/mol. The fraction of sp³-hybridized carbons (Fsp3) is 1.00. The summed E-state index contributed by atoms with van der Waals surface area (Å²) in [5, 5.41) is 0. The summed E-state index contributed by atoms with van der Waals surface area (Å²) in [4.78, 5) is 7.11. The van der Waals surface area contributed by atoms with Gasteiger partial charge in [0.1, 0.15) is 0 Å². The van der Waals surface area contributed by atoms with Crippen molar-refractivity contribution in [3.63, 3.8) is 0 Å². The minimum Gasteiger partial charge on any atom is -0.381 e. The maximum atomic E-state index is 5.28. The van der Waals surface area contributed by atoms with Crippen LogP contribution in [-0.2, 0) is 18.9 Å². The molecule has 13 fully saturated rings. The number of piperazine rings is 1. The van der Waals surface area contributed by atoms with Gasteiger partial charge >= 0.3 is 0 Å². The van der Waals surface area contributed by atoms with Crippen LogP contribution in [-0.4, -0.2) is 137 Å². The highest BCUT2D eigenvalue weighted by Gasteiger charge is 2.30. The molecule has 0 spiro atoms. The number of thioether (sulfide) groups is 2. The average molecular weight is 1340 g/mol. The summed E-state index contributed by atoms with van der Waals surface area (Å²) in [5.41, 5.74) is 0. The van der Waals surface area contributed by atoms with Crippen LogP contribution in [0.25, 0.3) is 0 Å². The SMILES string of the molecule is C1CC2CCC1C2.C1CC2CCC1CC2.CC.CC.CC.CC.CC.CC.CC.CC.CC.CC.CC1CCCC1.CC1CCCCC1.CC1CCCCO1.CC1CCCOC1.CC1OCCCO1.CC1SCCCS1.CN1CCCCC1.CN1CCN(C)CC1. The summed E-state index contributed by atoms with van der Waals surface area (Å²) in [5.74, 6) is 10.3. The summed E-state index contributed by atoms with van der Waals surface area (Å²) in [6.45, 7) is 65.5. The Morgan fingerprint density at radius 3 is 0.769 bits per heavy atom. The number of hydrogen-bond acceptors (Lipinski definition) is 9. The van der Waals surface area contributed by atoms with Crippen LogP contribution in [0.3, 0.4) is 0 Å². The van der Waals surface area contributed by atoms with Gasteiger partial charge in [0.15, 0.2) is 6.29 Å². The topological polar surface area (TPSA) is 46.6 Å². The molecule has 4 bridgehead atoms. The van der Waals surface area contributed by atoms with E-state index in [0.29, 0.717) is 6.10 Å². The first-order chi connectivity index (χ1) is 44.4. The molecule has 7 aliphatic carbocycles. The van der Waals surface area contributed by atoms with Gasteiger partial charge in [-0.25, -0.2) is 0 Å². The maximum absolute atomic E-state index is 5.28. The molecule has 13 rings (SSSR count). The molecule has 7 nitrogen and oxygen atoms in total. The van der Waals surface area contributed by atoms with Crippen LogP contribution in [0.4, 0.5) is 0 Å². The molecule has 0 aromatic heterocycles. The quantitative estimate of drug-likeness (QED) is 0.236. The number of fused-ring (bicyclic) bond motifs is 5. The van der Waals surface area contributed by atoms with E-state index in [2.05, 4.69) is 94.0 Å². The highest BCUT2D eigenvalue weighted by molar-refractivity contribution is 8.17. The van der Waals surface area contributed by atoms with Gasteiger partial charge in [-0.3, -0.25) is 0 Å². The first-order valence-electron chi connectivity index (χ1n) is 41.2. The van der Waals surface area contributed by atoms with E-state index in [1.807, 2.05) is 145 Å². The molecule has 13 aliphatic rings. The number of likely N-dealkylation sites (tertiary alicyclic amines) is 1. The number of nitrogens with zero attached hydrogens (tertiary/aromatic N) is 3. The van der Waals surface area contributed by atoms with Crippen LogP contribution in [0.2, 0.25) is 0 Å². The van der Waals surface area contributed by atoms with E-state index in [-0.39, 0.29) is 6.29 Å². The van der Waals surface area contributed by atoms with Crippen molar-refractivity contribution in [2.75, 3.05) is 105 Å². The van der Waals surface area contributed by atoms with Crippen LogP contribution in [0.1, 0.15) is 373 Å². The monoisotopic (exact) mass is 1340 g/mol. The molecule has 6 aliphatic heterocycles. The minimum atomic E-state index is 0.0359. The standard InChI is InChI=1S/C8H14.C7H12.C7H14.C6H14N2.C6H13N.2C6H12O.C6H12.C5H10O2.C5H10S2.10C2H6/c1-2-8-5-3-7(1)4-6-8;1-2-7-4-3-6(1)5-7;1-7-5-3-2-4-6-7;1-7-3-5-8(2)6-4-7;1-7-5-3-2-4-6-7;1-6-3-2-4-7-5-6;1-6-4-2-3-5-7-6;1-6-4-2-3-5-6;2*1-5-6-3-2-4-7-5;10*1-2/h7-8H,1-6H2;6-7H,1-5H2;7H,2-6H2,1H3;3-6H2,1-2H3;2-6H2,1H3;2*6H,2-5H2,1H3;6H,2-5H2,1H3;2*5H,2-4H2,1H3;10*1-2H3. The lowest BCUT2D eigenvalue weighted by molar-refractivity contribution is -0.167. The minimum absolute atomic E-state index is 0.0359. The van der Waals surface area contributed by atoms with Gasteiger partial charge in [0, 0.05) is 50.6 Å². The van der Waals surface area contributed by atoms with Crippen molar-refractivity contribution in [1.82, 2.24) is 14.7 Å². The summed E-state index contributed by atoms with van der Waals surface area (Å²) < 4.78 is 21.4. The predicted molar refractivity (Wildman–Crippen MR) is 428 cm³/mol. The Bertz CT molecular complexity index is 960. The lowest BCUT2D eigenvalue weighted by Gasteiger charge is -2.35. The van der Waals surface area contributed by atoms with Crippen molar-refractivity contribution in [2.45, 2.75) is 390 Å². The average Bonchev–Trinajstić information content (AvgIpc) is 4.09. The number of hydrogen-bond donors (Lipinski definition) is 0. The smallest absolute Gasteiger partial charge is 0.154 e. The zero-order valence-electron chi connectivity index (χ0n) is 69.0. The molecule has 2 unspecified atom stereocenters. The summed E-state index contributed by atoms with van der Waals surface area (Å²) in [6, 6.07) is 0. The zero-order chi connectivity index (χ0) is 71.2. The number of likely N-dealkylation sites (N-methyl/N-ethyl adjacent to an activating group) is 2. The molecule has 0 radical (unpaired) electrons. The molecule has 0 amide bonds. The molecule has 562 valence electrons. The summed E-state index contributed by atoms with van der Waals surface area (Å²) in [7, 11) is 6.54. The summed E-state index contributed by atoms with van der Waals surface area (Å²) in [6.07, 6.45) is 44.4. The molecule has 91 heavy (non-hydrogen) atoms. The number of rotatable bonds is 0. The molecule has 0 aromatic carbocycles. The van der Waals surface area contributed by atoms with Gasteiger partial charge in [-0.15, -0.1) is 23.5 Å². The maximum Gasteiger partial charge on any atom is 0.154 e. The predicted octanol–water partition coefficient (Wildman–Crippen LogP) is 26.8. The molecule has 7 saturated carbocycles. The van der Waals surface area contributed by atoms with Crippen molar-refractivity contribution in [3.05, 3.63) is 0 Å². The van der Waals surface area contributed by atoms with E-state index >= 15 is 0 Å². The fourth-order valence-electron chi connectivity index (χ4n) is 11.9. The third kappa shape index (κ3) is 79.3. The van der Waals surface area contributed by atoms with Crippen LogP contribution >= 0.6 is 23.5 Å². The lowest BCUT2D eigenvalue weighted by Crippen LogP contribution is -2.42. The molecule has 0 aromatic rings. The van der Waals surface area contributed by atoms with Crippen molar-refractivity contribution in [1.29, 1.82) is 0 Å². The molecule has 0 N–H and O–H groups in total. The Kier molecular flexibility index (Phi) is 109. The van der Waals surface area contributed by atoms with Gasteiger partial charge < -0.3 is 33.6 Å². The van der Waals surface area contributed by atoms with E-state index < -0.39 is 0 Å². The largest absolute Gasteiger partial charge is 0.381 e. The highest BCUT2D eigenvalue weighted by Crippen LogP contribution is 2.44. The van der Waals surface area contributed by atoms with Gasteiger partial charge in [0.25, 0.3) is 0 Å². The summed E-state index contributed by atoms with van der Waals surface area (Å²) >= 11 is 4.16. The van der Waals surface area contributed by atoms with Crippen LogP contribution in [0.5, 0.6) is 0 Å². The Morgan fingerprint density at radius 2 is 0.593 bits per heavy atom. The first kappa shape index (κ1) is 107. The molecular formula is C82H183N3O4S2. The molecule has 2 atom stereocenters. The lowest BCUT2D eigenvalue weighted by atomic mass is 9.71. The van der Waals surface area contributed by atoms with Gasteiger partial charge in [-0.1, -0.05) is 288 Å². The van der Waals surface area contributed by atoms with Gasteiger partial charge in [-0.2, -0.15) is 0 Å². The van der Waals surface area contributed by atoms with E-state index in [9.17, 15) is 0 Å². The Labute approximate surface area is 589 Å². The third-order valence-electron chi connectivity index (χ3n) is 17.2. The van der Waals surface area contributed by atoms with Gasteiger partial charge in [-0.05, 0) is 172 Å². The Morgan fingerprint density at radius 1 is 0.275 bits per heavy atom. The molecule has 9 heteroatoms. The van der Waals surface area contributed by atoms with E-state index in [4.69, 9.17) is 18.9 Å². The molecule has 6 heterocycles. The number of piperidine rings is 1. The normalized spacial score (nSPS) is 25.2. The van der Waals surface area contributed by atoms with Gasteiger partial charge in [0.05, 0.1) is 19.3 Å². The van der Waals surface area contributed by atoms with E-state index in [1.54, 1.807) is 70.6 Å². The van der Waals surface area contributed by atoms with Crippen LogP contribution in [0.15, 0.2) is 0 Å². The van der Waals surface area contributed by atoms with Crippen molar-refractivity contribution in [2.24, 2.45) is 41.4 Å². The van der Waals surface area contributed by atoms with E-state index in [0.717, 1.165) is 73.6 Å². The second-order valence-electron chi connectivity index (χ2n) is 24.5. The zero-order valence-corrected chi connectivity index (χ0v) is 70.6.